The molecule has 3 rings (SSSR count). The van der Waals surface area contributed by atoms with Crippen LogP contribution in [-0.2, 0) is 0 Å². The number of hydrogen-bond donors (Lipinski definition) is 0. The molecule has 0 aliphatic carbocycles. The van der Waals surface area contributed by atoms with Gasteiger partial charge in [0, 0.05) is 11.1 Å². The molecule has 0 unspecified atom stereocenters. The van der Waals surface area contributed by atoms with E-state index in [2.05, 4.69) is 112 Å². The van der Waals surface area contributed by atoms with Crippen LogP contribution in [0.5, 0.6) is 0 Å². The predicted molar refractivity (Wildman–Crippen MR) is 110 cm³/mol. The smallest absolute Gasteiger partial charge is 0.391 e. The fourth-order valence-electron chi connectivity index (χ4n) is 3.04. The molecular weight excluding hydrogens is 317 g/mol. The lowest BCUT2D eigenvalue weighted by Gasteiger charge is -2.24. The molecule has 0 heterocycles. The molecule has 0 aliphatic heterocycles. The monoisotopic (exact) mass is 341 g/mol. The third-order valence-electron chi connectivity index (χ3n) is 4.25. The zero-order valence-corrected chi connectivity index (χ0v) is 16.3. The molecule has 0 saturated carbocycles. The first-order valence-corrected chi connectivity index (χ1v) is 10.5. The van der Waals surface area contributed by atoms with Gasteiger partial charge >= 0.3 is 14.4 Å². The van der Waals surface area contributed by atoms with Gasteiger partial charge in [-0.25, -0.2) is 0 Å². The minimum atomic E-state index is -1.69. The van der Waals surface area contributed by atoms with Crippen LogP contribution in [0.4, 0.5) is 0 Å². The van der Waals surface area contributed by atoms with Gasteiger partial charge in [0.05, 0.1) is 0 Å². The summed E-state index contributed by atoms with van der Waals surface area (Å²) < 4.78 is 8.12. The molecule has 0 N–H and O–H groups in total. The van der Waals surface area contributed by atoms with Crippen molar-refractivity contribution in [3.05, 3.63) is 96.6 Å². The SMILES string of the molecule is CC(C)(C)/C(=[N]/[Al]([c]1ccccc1)[c]1ccccc1)c1ccccc1. The van der Waals surface area contributed by atoms with E-state index in [9.17, 15) is 0 Å². The molecule has 2 heteroatoms. The Hall–Kier alpha value is -2.14. The van der Waals surface area contributed by atoms with Gasteiger partial charge < -0.3 is 3.98 Å². The molecule has 0 amide bonds. The fraction of sp³-hybridized carbons (Fsp3) is 0.174. The highest BCUT2D eigenvalue weighted by Crippen LogP contribution is 2.22. The van der Waals surface area contributed by atoms with Gasteiger partial charge in [0.1, 0.15) is 0 Å². The minimum absolute atomic E-state index is 0.00381. The van der Waals surface area contributed by atoms with Crippen LogP contribution in [0, 0.1) is 5.41 Å². The Morgan fingerprint density at radius 3 is 1.44 bits per heavy atom. The van der Waals surface area contributed by atoms with E-state index in [0.29, 0.717) is 0 Å². The maximum absolute atomic E-state index is 5.41. The van der Waals surface area contributed by atoms with E-state index in [1.165, 1.54) is 20.1 Å². The van der Waals surface area contributed by atoms with Crippen molar-refractivity contribution in [2.24, 2.45) is 9.39 Å². The average molecular weight is 341 g/mol. The molecule has 0 saturated heterocycles. The van der Waals surface area contributed by atoms with E-state index in [-0.39, 0.29) is 5.41 Å². The Bertz CT molecular complexity index is 779. The van der Waals surface area contributed by atoms with Crippen LogP contribution in [0.2, 0.25) is 0 Å². The molecule has 0 aromatic heterocycles. The van der Waals surface area contributed by atoms with Crippen LogP contribution < -0.4 is 8.85 Å². The highest BCUT2D eigenvalue weighted by Gasteiger charge is 2.28. The summed E-state index contributed by atoms with van der Waals surface area (Å²) in [6.45, 7) is 6.75. The summed E-state index contributed by atoms with van der Waals surface area (Å²) in [5, 5.41) is 0. The Kier molecular flexibility index (Phi) is 5.54. The third-order valence-corrected chi connectivity index (χ3v) is 6.80. The molecule has 0 fully saturated rings. The highest BCUT2D eigenvalue weighted by molar-refractivity contribution is 6.84. The van der Waals surface area contributed by atoms with Crippen molar-refractivity contribution in [2.45, 2.75) is 20.8 Å². The molecule has 0 spiro atoms. The van der Waals surface area contributed by atoms with Crippen LogP contribution in [0.1, 0.15) is 26.3 Å². The normalized spacial score (nSPS) is 12.0. The highest BCUT2D eigenvalue weighted by atomic mass is 27.2. The van der Waals surface area contributed by atoms with Crippen LogP contribution in [-0.4, -0.2) is 20.1 Å². The standard InChI is InChI=1S/C11H14N.2C6H5.Al/c1-11(2,3)10(12)9-7-5-4-6-8-9;2*1-2-4-6-5-3-1;/h4-8H,1-3H3;2*1-5H;/q-1;;;+1. The molecule has 0 radical (unpaired) electrons. The van der Waals surface area contributed by atoms with Crippen molar-refractivity contribution in [3.63, 3.8) is 0 Å². The molecule has 0 atom stereocenters. The van der Waals surface area contributed by atoms with Crippen molar-refractivity contribution < 1.29 is 0 Å². The molecule has 3 aromatic carbocycles. The quantitative estimate of drug-likeness (QED) is 0.495. The molecule has 25 heavy (non-hydrogen) atoms. The zero-order chi connectivity index (χ0) is 17.7. The number of hydrogen-bond acceptors (Lipinski definition) is 1. The van der Waals surface area contributed by atoms with Crippen molar-refractivity contribution in [1.82, 2.24) is 0 Å². The summed E-state index contributed by atoms with van der Waals surface area (Å²) in [6.07, 6.45) is 0. The Labute approximate surface area is 155 Å². The topological polar surface area (TPSA) is 12.4 Å². The number of rotatable bonds is 4. The fourth-order valence-corrected chi connectivity index (χ4v) is 5.69. The van der Waals surface area contributed by atoms with Gasteiger partial charge in [0.25, 0.3) is 0 Å². The van der Waals surface area contributed by atoms with Crippen molar-refractivity contribution in [1.29, 1.82) is 0 Å². The second-order valence-electron chi connectivity index (χ2n) is 7.32. The van der Waals surface area contributed by atoms with Crippen LogP contribution in [0.3, 0.4) is 0 Å². The van der Waals surface area contributed by atoms with Gasteiger partial charge in [0.2, 0.25) is 0 Å². The van der Waals surface area contributed by atoms with Gasteiger partial charge in [-0.3, -0.25) is 0 Å². The lowest BCUT2D eigenvalue weighted by molar-refractivity contribution is 0.593. The lowest BCUT2D eigenvalue weighted by Crippen LogP contribution is -2.42. The van der Waals surface area contributed by atoms with Crippen LogP contribution in [0.15, 0.2) is 95.0 Å². The van der Waals surface area contributed by atoms with Crippen molar-refractivity contribution in [3.8, 4) is 0 Å². The summed E-state index contributed by atoms with van der Waals surface area (Å²) >= 11 is -1.69. The summed E-state index contributed by atoms with van der Waals surface area (Å²) in [6, 6.07) is 32.1. The first-order chi connectivity index (χ1) is 12.1. The van der Waals surface area contributed by atoms with E-state index in [4.69, 9.17) is 3.98 Å². The maximum Gasteiger partial charge on any atom is 0.515 e. The van der Waals surface area contributed by atoms with Gasteiger partial charge in [-0.1, -0.05) is 121 Å². The third kappa shape index (κ3) is 4.48. The average Bonchev–Trinajstić information content (AvgIpc) is 2.63. The minimum Gasteiger partial charge on any atom is -0.391 e. The van der Waals surface area contributed by atoms with E-state index in [1.807, 2.05) is 0 Å². The molecule has 1 nitrogen and oxygen atoms in total. The van der Waals surface area contributed by atoms with E-state index in [1.54, 1.807) is 0 Å². The summed E-state index contributed by atoms with van der Waals surface area (Å²) in [7, 11) is 0. The second-order valence-corrected chi connectivity index (χ2v) is 9.71. The summed E-state index contributed by atoms with van der Waals surface area (Å²) in [4.78, 5) is 0. The first-order valence-electron chi connectivity index (χ1n) is 8.79. The van der Waals surface area contributed by atoms with Crippen LogP contribution in [0.25, 0.3) is 0 Å². The zero-order valence-electron chi connectivity index (χ0n) is 15.2. The van der Waals surface area contributed by atoms with E-state index < -0.39 is 14.4 Å². The number of benzene rings is 3. The van der Waals surface area contributed by atoms with E-state index >= 15 is 0 Å². The van der Waals surface area contributed by atoms with Crippen molar-refractivity contribution in [2.75, 3.05) is 0 Å². The van der Waals surface area contributed by atoms with Gasteiger partial charge in [0.15, 0.2) is 0 Å². The van der Waals surface area contributed by atoms with Gasteiger partial charge in [-0.2, -0.15) is 0 Å². The molecule has 3 aromatic rings. The Balaban J connectivity index is 2.16. The first kappa shape index (κ1) is 17.7. The van der Waals surface area contributed by atoms with Crippen LogP contribution >= 0.6 is 0 Å². The number of nitrogens with zero attached hydrogens (tertiary/aromatic N) is 1. The lowest BCUT2D eigenvalue weighted by atomic mass is 9.86. The Morgan fingerprint density at radius 1 is 0.640 bits per heavy atom. The maximum atomic E-state index is 5.41. The van der Waals surface area contributed by atoms with Gasteiger partial charge in [-0.15, -0.1) is 0 Å². The summed E-state index contributed by atoms with van der Waals surface area (Å²) in [5.41, 5.74) is 2.41. The molecule has 0 bridgehead atoms. The second kappa shape index (κ2) is 7.83. The predicted octanol–water partition coefficient (Wildman–Crippen LogP) is 4.33. The largest absolute Gasteiger partial charge is 0.515 e. The summed E-state index contributed by atoms with van der Waals surface area (Å²) in [5.74, 6) is 0. The molecule has 124 valence electrons. The van der Waals surface area contributed by atoms with Crippen molar-refractivity contribution >= 4 is 28.9 Å². The Morgan fingerprint density at radius 2 is 1.04 bits per heavy atom. The van der Waals surface area contributed by atoms with Gasteiger partial charge in [-0.05, 0) is 5.56 Å². The van der Waals surface area contributed by atoms with E-state index in [0.717, 1.165) is 0 Å². The molecular formula is C23H24AlN. The molecule has 0 aliphatic rings.